The highest BCUT2D eigenvalue weighted by molar-refractivity contribution is 5.90. The minimum absolute atomic E-state index is 0.0228. The number of carbonyl (C=O) groups excluding carboxylic acids is 3. The fourth-order valence-corrected chi connectivity index (χ4v) is 2.36. The Kier molecular flexibility index (Phi) is 10.8. The van der Waals surface area contributed by atoms with Gasteiger partial charge in [0.15, 0.2) is 0 Å². The van der Waals surface area contributed by atoms with Crippen LogP contribution in [0.4, 0.5) is 4.79 Å². The molecular weight excluding hydrogens is 322 g/mol. The van der Waals surface area contributed by atoms with Crippen LogP contribution in [0.5, 0.6) is 0 Å². The molecule has 0 saturated carbocycles. The molecule has 0 aromatic heterocycles. The zero-order chi connectivity index (χ0) is 19.6. The molecule has 0 fully saturated rings. The highest BCUT2D eigenvalue weighted by Crippen LogP contribution is 2.06. The first-order chi connectivity index (χ1) is 11.5. The number of hydrogen-bond donors (Lipinski definition) is 5. The summed E-state index contributed by atoms with van der Waals surface area (Å²) in [6.45, 7) is 11.9. The van der Waals surface area contributed by atoms with E-state index in [0.29, 0.717) is 19.4 Å². The highest BCUT2D eigenvalue weighted by atomic mass is 16.2. The van der Waals surface area contributed by atoms with Gasteiger partial charge < -0.3 is 27.0 Å². The van der Waals surface area contributed by atoms with Crippen LogP contribution in [0.1, 0.15) is 54.4 Å². The Balaban J connectivity index is 4.90. The molecule has 0 aromatic carbocycles. The second-order valence-electron chi connectivity index (χ2n) is 7.20. The number of nitrogens with one attached hydrogen (secondary N) is 4. The molecule has 8 nitrogen and oxygen atoms in total. The van der Waals surface area contributed by atoms with Crippen molar-refractivity contribution in [3.8, 4) is 0 Å². The molecule has 0 radical (unpaired) electrons. The van der Waals surface area contributed by atoms with Gasteiger partial charge in [0.25, 0.3) is 0 Å². The van der Waals surface area contributed by atoms with Crippen molar-refractivity contribution in [1.29, 1.82) is 0 Å². The second-order valence-corrected chi connectivity index (χ2v) is 7.20. The topological polar surface area (TPSA) is 125 Å². The van der Waals surface area contributed by atoms with Crippen molar-refractivity contribution in [1.82, 2.24) is 21.3 Å². The maximum absolute atomic E-state index is 12.6. The molecule has 0 rings (SSSR count). The van der Waals surface area contributed by atoms with Crippen molar-refractivity contribution in [2.45, 2.75) is 78.6 Å². The molecule has 0 spiro atoms. The predicted molar refractivity (Wildman–Crippen MR) is 98.9 cm³/mol. The van der Waals surface area contributed by atoms with Crippen molar-refractivity contribution in [2.24, 2.45) is 11.7 Å². The van der Waals surface area contributed by atoms with Gasteiger partial charge in [-0.25, -0.2) is 4.79 Å². The van der Waals surface area contributed by atoms with Gasteiger partial charge >= 0.3 is 6.03 Å². The van der Waals surface area contributed by atoms with Gasteiger partial charge in [-0.1, -0.05) is 27.7 Å². The zero-order valence-corrected chi connectivity index (χ0v) is 16.3. The number of hydrogen-bond acceptors (Lipinski definition) is 4. The van der Waals surface area contributed by atoms with Crippen molar-refractivity contribution in [3.05, 3.63) is 0 Å². The predicted octanol–water partition coefficient (Wildman–Crippen LogP) is 0.467. The molecule has 2 atom stereocenters. The lowest BCUT2D eigenvalue weighted by atomic mass is 10.0. The molecule has 146 valence electrons. The zero-order valence-electron chi connectivity index (χ0n) is 16.3. The van der Waals surface area contributed by atoms with E-state index in [4.69, 9.17) is 5.73 Å². The molecule has 0 heterocycles. The van der Waals surface area contributed by atoms with Gasteiger partial charge in [0.05, 0.1) is 6.04 Å². The van der Waals surface area contributed by atoms with Gasteiger partial charge in [0, 0.05) is 18.6 Å². The third kappa shape index (κ3) is 10.6. The van der Waals surface area contributed by atoms with Gasteiger partial charge in [-0.3, -0.25) is 9.59 Å². The van der Waals surface area contributed by atoms with Crippen LogP contribution in [0, 0.1) is 5.92 Å². The number of nitrogens with two attached hydrogens (primary N) is 1. The first-order valence-electron chi connectivity index (χ1n) is 8.94. The fourth-order valence-electron chi connectivity index (χ4n) is 2.36. The number of urea groups is 1. The molecular formula is C17H35N5O3. The minimum atomic E-state index is -0.653. The van der Waals surface area contributed by atoms with Crippen molar-refractivity contribution >= 4 is 17.8 Å². The molecule has 0 aliphatic rings. The normalized spacial score (nSPS) is 13.6. The van der Waals surface area contributed by atoms with E-state index in [1.165, 1.54) is 0 Å². The van der Waals surface area contributed by atoms with Crippen LogP contribution in [0.3, 0.4) is 0 Å². The van der Waals surface area contributed by atoms with E-state index in [2.05, 4.69) is 21.3 Å². The maximum Gasteiger partial charge on any atom is 0.312 e. The largest absolute Gasteiger partial charge is 0.352 e. The SMILES string of the molecule is CC(C)NC(=O)[C@H](CCCNC(N)=O)NC(=O)[C@@H](NC(C)C)C(C)C. The van der Waals surface area contributed by atoms with Crippen LogP contribution in [-0.2, 0) is 9.59 Å². The van der Waals surface area contributed by atoms with E-state index in [9.17, 15) is 14.4 Å². The summed E-state index contributed by atoms with van der Waals surface area (Å²) in [4.78, 5) is 35.7. The van der Waals surface area contributed by atoms with Crippen molar-refractivity contribution in [3.63, 3.8) is 0 Å². The molecule has 4 amide bonds. The first kappa shape index (κ1) is 23.2. The summed E-state index contributed by atoms with van der Waals surface area (Å²) in [6, 6.07) is -1.50. The molecule has 25 heavy (non-hydrogen) atoms. The lowest BCUT2D eigenvalue weighted by molar-refractivity contribution is -0.131. The molecule has 0 unspecified atom stereocenters. The van der Waals surface area contributed by atoms with Gasteiger partial charge in [-0.15, -0.1) is 0 Å². The lowest BCUT2D eigenvalue weighted by Gasteiger charge is -2.27. The van der Waals surface area contributed by atoms with Gasteiger partial charge in [-0.2, -0.15) is 0 Å². The Morgan fingerprint density at radius 3 is 1.92 bits per heavy atom. The highest BCUT2D eigenvalue weighted by Gasteiger charge is 2.27. The summed E-state index contributed by atoms with van der Waals surface area (Å²) in [5.41, 5.74) is 5.03. The first-order valence-corrected chi connectivity index (χ1v) is 8.94. The van der Waals surface area contributed by atoms with E-state index in [1.807, 2.05) is 41.5 Å². The van der Waals surface area contributed by atoms with E-state index in [1.54, 1.807) is 0 Å². The van der Waals surface area contributed by atoms with Gasteiger partial charge in [0.2, 0.25) is 11.8 Å². The number of rotatable bonds is 11. The summed E-state index contributed by atoms with van der Waals surface area (Å²) in [5, 5.41) is 11.4. The minimum Gasteiger partial charge on any atom is -0.352 e. The molecule has 0 aromatic rings. The van der Waals surface area contributed by atoms with Crippen LogP contribution in [0.2, 0.25) is 0 Å². The third-order valence-corrected chi connectivity index (χ3v) is 3.49. The molecule has 0 aliphatic carbocycles. The number of primary amides is 1. The van der Waals surface area contributed by atoms with Crippen LogP contribution in [-0.4, -0.2) is 48.6 Å². The summed E-state index contributed by atoms with van der Waals surface area (Å²) in [6.07, 6.45) is 0.945. The van der Waals surface area contributed by atoms with E-state index >= 15 is 0 Å². The fraction of sp³-hybridized carbons (Fsp3) is 0.824. The van der Waals surface area contributed by atoms with Crippen molar-refractivity contribution < 1.29 is 14.4 Å². The Morgan fingerprint density at radius 1 is 0.880 bits per heavy atom. The smallest absolute Gasteiger partial charge is 0.312 e. The number of amides is 4. The maximum atomic E-state index is 12.6. The van der Waals surface area contributed by atoms with Crippen molar-refractivity contribution in [2.75, 3.05) is 6.54 Å². The third-order valence-electron chi connectivity index (χ3n) is 3.49. The Morgan fingerprint density at radius 2 is 1.48 bits per heavy atom. The molecule has 8 heteroatoms. The standard InChI is InChI=1S/C17H35N5O3/c1-10(2)14(20-11(3)4)16(24)22-13(15(23)21-12(5)6)8-7-9-19-17(18)25/h10-14,20H,7-9H2,1-6H3,(H,21,23)(H,22,24)(H3,18,19,25)/t13-,14-/m0/s1. The molecule has 6 N–H and O–H groups in total. The average Bonchev–Trinajstić information content (AvgIpc) is 2.46. The molecule has 0 saturated heterocycles. The summed E-state index contributed by atoms with van der Waals surface area (Å²) < 4.78 is 0. The van der Waals surface area contributed by atoms with Gasteiger partial charge in [-0.05, 0) is 32.6 Å². The summed E-state index contributed by atoms with van der Waals surface area (Å²) in [7, 11) is 0. The van der Waals surface area contributed by atoms with Crippen LogP contribution >= 0.6 is 0 Å². The monoisotopic (exact) mass is 357 g/mol. The van der Waals surface area contributed by atoms with Crippen LogP contribution in [0.15, 0.2) is 0 Å². The Hall–Kier alpha value is -1.83. The lowest BCUT2D eigenvalue weighted by Crippen LogP contribution is -2.56. The quantitative estimate of drug-likeness (QED) is 0.345. The average molecular weight is 357 g/mol. The van der Waals surface area contributed by atoms with Crippen LogP contribution in [0.25, 0.3) is 0 Å². The van der Waals surface area contributed by atoms with Crippen LogP contribution < -0.4 is 27.0 Å². The molecule has 0 aliphatic heterocycles. The van der Waals surface area contributed by atoms with E-state index < -0.39 is 12.1 Å². The summed E-state index contributed by atoms with van der Waals surface area (Å²) in [5.74, 6) is -0.335. The van der Waals surface area contributed by atoms with Gasteiger partial charge in [0.1, 0.15) is 6.04 Å². The second kappa shape index (κ2) is 11.7. The Labute approximate surface area is 151 Å². The van der Waals surface area contributed by atoms with E-state index in [0.717, 1.165) is 0 Å². The van der Waals surface area contributed by atoms with E-state index in [-0.39, 0.29) is 35.9 Å². The molecule has 0 bridgehead atoms. The Bertz CT molecular complexity index is 438. The summed E-state index contributed by atoms with van der Waals surface area (Å²) >= 11 is 0. The number of carbonyl (C=O) groups is 3.